The SMILES string of the molecule is CCN(CC)CCN1C(=O)c2cccc3c(NCCN4CCOCC4)ccc(c23)C1=O. The smallest absolute Gasteiger partial charge is 0.261 e. The van der Waals surface area contributed by atoms with Crippen LogP contribution in [0.2, 0.25) is 0 Å². The molecular weight excluding hydrogens is 392 g/mol. The summed E-state index contributed by atoms with van der Waals surface area (Å²) in [6, 6.07) is 9.57. The van der Waals surface area contributed by atoms with Crippen molar-refractivity contribution in [3.8, 4) is 0 Å². The van der Waals surface area contributed by atoms with Crippen LogP contribution >= 0.6 is 0 Å². The number of carbonyl (C=O) groups is 2. The van der Waals surface area contributed by atoms with E-state index in [9.17, 15) is 9.59 Å². The second-order valence-corrected chi connectivity index (χ2v) is 8.06. The molecule has 0 bridgehead atoms. The molecule has 0 unspecified atom stereocenters. The van der Waals surface area contributed by atoms with Gasteiger partial charge in [-0.2, -0.15) is 0 Å². The van der Waals surface area contributed by atoms with Gasteiger partial charge in [0, 0.05) is 66.9 Å². The molecule has 1 fully saturated rings. The number of ether oxygens (including phenoxy) is 1. The quantitative estimate of drug-likeness (QED) is 0.624. The highest BCUT2D eigenvalue weighted by Crippen LogP contribution is 2.34. The molecule has 1 saturated heterocycles. The maximum atomic E-state index is 13.2. The largest absolute Gasteiger partial charge is 0.383 e. The van der Waals surface area contributed by atoms with Crippen LogP contribution in [0.5, 0.6) is 0 Å². The summed E-state index contributed by atoms with van der Waals surface area (Å²) in [5.41, 5.74) is 2.19. The van der Waals surface area contributed by atoms with E-state index in [2.05, 4.69) is 29.0 Å². The Bertz CT molecular complexity index is 929. The van der Waals surface area contributed by atoms with Crippen molar-refractivity contribution in [2.24, 2.45) is 0 Å². The minimum Gasteiger partial charge on any atom is -0.383 e. The summed E-state index contributed by atoms with van der Waals surface area (Å²) >= 11 is 0. The highest BCUT2D eigenvalue weighted by molar-refractivity contribution is 6.26. The lowest BCUT2D eigenvalue weighted by Gasteiger charge is -2.30. The van der Waals surface area contributed by atoms with Crippen molar-refractivity contribution in [1.82, 2.24) is 14.7 Å². The highest BCUT2D eigenvalue weighted by Gasteiger charge is 2.33. The van der Waals surface area contributed by atoms with Crippen LogP contribution in [0.15, 0.2) is 30.3 Å². The average molecular weight is 425 g/mol. The van der Waals surface area contributed by atoms with Crippen molar-refractivity contribution in [3.05, 3.63) is 41.5 Å². The fourth-order valence-electron chi connectivity index (χ4n) is 4.46. The molecule has 0 radical (unpaired) electrons. The molecule has 2 aliphatic rings. The number of nitrogens with one attached hydrogen (secondary N) is 1. The standard InChI is InChI=1S/C24H32N4O3/c1-3-26(4-2)12-13-28-23(29)19-7-5-6-18-21(9-8-20(22(18)19)24(28)30)25-10-11-27-14-16-31-17-15-27/h5-9,25H,3-4,10-17H2,1-2H3. The second-order valence-electron chi connectivity index (χ2n) is 8.06. The van der Waals surface area contributed by atoms with Gasteiger partial charge >= 0.3 is 0 Å². The van der Waals surface area contributed by atoms with Crippen molar-refractivity contribution < 1.29 is 14.3 Å². The first-order valence-electron chi connectivity index (χ1n) is 11.3. The molecule has 7 nitrogen and oxygen atoms in total. The number of likely N-dealkylation sites (N-methyl/N-ethyl adjacent to an activating group) is 1. The first-order valence-corrected chi connectivity index (χ1v) is 11.3. The molecule has 0 aromatic heterocycles. The summed E-state index contributed by atoms with van der Waals surface area (Å²) in [7, 11) is 0. The van der Waals surface area contributed by atoms with E-state index in [0.29, 0.717) is 24.2 Å². The lowest BCUT2D eigenvalue weighted by atomic mass is 9.93. The Morgan fingerprint density at radius 2 is 1.68 bits per heavy atom. The van der Waals surface area contributed by atoms with Gasteiger partial charge in [0.05, 0.1) is 13.2 Å². The molecule has 0 atom stereocenters. The number of hydrogen-bond donors (Lipinski definition) is 1. The third-order valence-electron chi connectivity index (χ3n) is 6.37. The normalized spacial score (nSPS) is 17.1. The fourth-order valence-corrected chi connectivity index (χ4v) is 4.46. The Labute approximate surface area is 183 Å². The van der Waals surface area contributed by atoms with Gasteiger partial charge in [-0.05, 0) is 31.3 Å². The third kappa shape index (κ3) is 4.44. The third-order valence-corrected chi connectivity index (χ3v) is 6.37. The first kappa shape index (κ1) is 21.7. The number of rotatable bonds is 9. The van der Waals surface area contributed by atoms with Crippen LogP contribution < -0.4 is 5.32 Å². The van der Waals surface area contributed by atoms with Crippen LogP contribution in [0.3, 0.4) is 0 Å². The van der Waals surface area contributed by atoms with Gasteiger partial charge in [-0.15, -0.1) is 0 Å². The van der Waals surface area contributed by atoms with Crippen molar-refractivity contribution in [2.45, 2.75) is 13.8 Å². The zero-order valence-corrected chi connectivity index (χ0v) is 18.5. The van der Waals surface area contributed by atoms with Gasteiger partial charge < -0.3 is 15.0 Å². The molecule has 7 heteroatoms. The Balaban J connectivity index is 1.54. The van der Waals surface area contributed by atoms with Crippen molar-refractivity contribution >= 4 is 28.3 Å². The van der Waals surface area contributed by atoms with Crippen LogP contribution in [-0.4, -0.2) is 92.1 Å². The van der Waals surface area contributed by atoms with Crippen molar-refractivity contribution in [1.29, 1.82) is 0 Å². The number of nitrogens with zero attached hydrogens (tertiary/aromatic N) is 3. The molecular formula is C24H32N4O3. The van der Waals surface area contributed by atoms with Crippen LogP contribution in [0.4, 0.5) is 5.69 Å². The van der Waals surface area contributed by atoms with Gasteiger partial charge in [-0.25, -0.2) is 0 Å². The Morgan fingerprint density at radius 1 is 0.968 bits per heavy atom. The number of carbonyl (C=O) groups excluding carboxylic acids is 2. The lowest BCUT2D eigenvalue weighted by Crippen LogP contribution is -2.44. The minimum absolute atomic E-state index is 0.194. The van der Waals surface area contributed by atoms with Gasteiger partial charge in [0.1, 0.15) is 0 Å². The van der Waals surface area contributed by atoms with E-state index in [1.807, 2.05) is 30.3 Å². The Kier molecular flexibility index (Phi) is 6.85. The minimum atomic E-state index is -0.194. The molecule has 2 aromatic rings. The van der Waals surface area contributed by atoms with E-state index in [1.54, 1.807) is 0 Å². The molecule has 0 saturated carbocycles. The number of amides is 2. The first-order chi connectivity index (χ1) is 15.1. The van der Waals surface area contributed by atoms with Crippen LogP contribution in [-0.2, 0) is 4.74 Å². The molecule has 166 valence electrons. The lowest BCUT2D eigenvalue weighted by molar-refractivity contribution is 0.0398. The van der Waals surface area contributed by atoms with Crippen molar-refractivity contribution in [2.75, 3.05) is 70.9 Å². The van der Waals surface area contributed by atoms with Gasteiger partial charge in [0.2, 0.25) is 0 Å². The van der Waals surface area contributed by atoms with Gasteiger partial charge in [-0.1, -0.05) is 26.0 Å². The topological polar surface area (TPSA) is 65.1 Å². The predicted octanol–water partition coefficient (Wildman–Crippen LogP) is 2.52. The summed E-state index contributed by atoms with van der Waals surface area (Å²) < 4.78 is 5.41. The number of anilines is 1. The fraction of sp³-hybridized carbons (Fsp3) is 0.500. The molecule has 31 heavy (non-hydrogen) atoms. The molecule has 0 aliphatic carbocycles. The van der Waals surface area contributed by atoms with Crippen LogP contribution in [0.25, 0.3) is 10.8 Å². The average Bonchev–Trinajstić information content (AvgIpc) is 2.81. The summed E-state index contributed by atoms with van der Waals surface area (Å²) in [5.74, 6) is -0.388. The predicted molar refractivity (Wildman–Crippen MR) is 123 cm³/mol. The maximum Gasteiger partial charge on any atom is 0.261 e. The van der Waals surface area contributed by atoms with E-state index in [-0.39, 0.29) is 11.8 Å². The molecule has 2 aliphatic heterocycles. The molecule has 1 N–H and O–H groups in total. The van der Waals surface area contributed by atoms with Gasteiger partial charge in [0.15, 0.2) is 0 Å². The summed E-state index contributed by atoms with van der Waals surface area (Å²) in [4.78, 5) is 32.4. The van der Waals surface area contributed by atoms with Crippen molar-refractivity contribution in [3.63, 3.8) is 0 Å². The molecule has 0 spiro atoms. The van der Waals surface area contributed by atoms with Gasteiger partial charge in [0.25, 0.3) is 11.8 Å². The summed E-state index contributed by atoms with van der Waals surface area (Å²) in [5, 5.41) is 5.21. The van der Waals surface area contributed by atoms with E-state index in [1.165, 1.54) is 4.90 Å². The van der Waals surface area contributed by atoms with E-state index >= 15 is 0 Å². The highest BCUT2D eigenvalue weighted by atomic mass is 16.5. The zero-order chi connectivity index (χ0) is 21.8. The molecule has 2 aromatic carbocycles. The maximum absolute atomic E-state index is 13.2. The van der Waals surface area contributed by atoms with E-state index < -0.39 is 0 Å². The zero-order valence-electron chi connectivity index (χ0n) is 18.5. The van der Waals surface area contributed by atoms with Crippen LogP contribution in [0.1, 0.15) is 34.6 Å². The second kappa shape index (κ2) is 9.77. The molecule has 2 heterocycles. The Morgan fingerprint density at radius 3 is 2.39 bits per heavy atom. The summed E-state index contributed by atoms with van der Waals surface area (Å²) in [6.45, 7) is 12.3. The molecule has 4 rings (SSSR count). The Hall–Kier alpha value is -2.48. The monoisotopic (exact) mass is 424 g/mol. The number of hydrogen-bond acceptors (Lipinski definition) is 6. The summed E-state index contributed by atoms with van der Waals surface area (Å²) in [6.07, 6.45) is 0. The number of imide groups is 1. The molecule has 2 amide bonds. The van der Waals surface area contributed by atoms with Gasteiger partial charge in [-0.3, -0.25) is 19.4 Å². The van der Waals surface area contributed by atoms with E-state index in [4.69, 9.17) is 4.74 Å². The number of benzene rings is 2. The van der Waals surface area contributed by atoms with Crippen LogP contribution in [0, 0.1) is 0 Å². The van der Waals surface area contributed by atoms with E-state index in [0.717, 1.165) is 68.9 Å². The number of morpholine rings is 1.